The van der Waals surface area contributed by atoms with Crippen molar-refractivity contribution in [2.75, 3.05) is 19.7 Å². The predicted molar refractivity (Wildman–Crippen MR) is 85.9 cm³/mol. The molecule has 3 rings (SSSR count). The monoisotopic (exact) mass is 369 g/mol. The molecule has 2 heterocycles. The van der Waals surface area contributed by atoms with Gasteiger partial charge in [0.1, 0.15) is 18.1 Å². The van der Waals surface area contributed by atoms with Crippen molar-refractivity contribution in [3.8, 4) is 5.75 Å². The van der Waals surface area contributed by atoms with Crippen molar-refractivity contribution in [3.63, 3.8) is 0 Å². The van der Waals surface area contributed by atoms with Crippen LogP contribution in [0.15, 0.2) is 40.8 Å². The van der Waals surface area contributed by atoms with E-state index in [0.717, 1.165) is 4.90 Å². The molecule has 1 atom stereocenters. The average molecular weight is 369 g/mol. The molecule has 1 saturated heterocycles. The first-order chi connectivity index (χ1) is 12.3. The number of nitrogens with zero attached hydrogens (tertiary/aromatic N) is 1. The van der Waals surface area contributed by atoms with Gasteiger partial charge in [-0.2, -0.15) is 13.2 Å². The van der Waals surface area contributed by atoms with Crippen LogP contribution in [0.1, 0.15) is 21.9 Å². The lowest BCUT2D eigenvalue weighted by atomic mass is 10.2. The second-order valence-corrected chi connectivity index (χ2v) is 5.98. The minimum atomic E-state index is -4.51. The van der Waals surface area contributed by atoms with E-state index in [9.17, 15) is 18.0 Å². The molecule has 1 aromatic carbocycles. The van der Waals surface area contributed by atoms with Gasteiger partial charge in [-0.05, 0) is 25.1 Å². The van der Waals surface area contributed by atoms with Crippen LogP contribution in [0.2, 0.25) is 0 Å². The van der Waals surface area contributed by atoms with Crippen LogP contribution in [-0.4, -0.2) is 42.8 Å². The van der Waals surface area contributed by atoms with Crippen LogP contribution in [0.25, 0.3) is 0 Å². The van der Waals surface area contributed by atoms with Crippen LogP contribution in [-0.2, 0) is 11.3 Å². The number of morpholine rings is 1. The van der Waals surface area contributed by atoms with Crippen molar-refractivity contribution < 1.29 is 31.9 Å². The van der Waals surface area contributed by atoms with E-state index in [-0.39, 0.29) is 25.5 Å². The van der Waals surface area contributed by atoms with Gasteiger partial charge in [-0.3, -0.25) is 4.79 Å². The summed E-state index contributed by atoms with van der Waals surface area (Å²) in [7, 11) is 0. The Kier molecular flexibility index (Phi) is 5.22. The molecule has 0 aliphatic carbocycles. The first-order valence-corrected chi connectivity index (χ1v) is 8.09. The van der Waals surface area contributed by atoms with Crippen LogP contribution in [0, 0.1) is 6.92 Å². The van der Waals surface area contributed by atoms with Gasteiger partial charge in [0.05, 0.1) is 13.2 Å². The fourth-order valence-electron chi connectivity index (χ4n) is 2.68. The molecule has 1 amide bonds. The fourth-order valence-corrected chi connectivity index (χ4v) is 2.68. The van der Waals surface area contributed by atoms with E-state index in [1.54, 1.807) is 25.1 Å². The molecule has 2 aromatic rings. The van der Waals surface area contributed by atoms with Crippen LogP contribution < -0.4 is 4.74 Å². The number of benzene rings is 1. The number of rotatable bonds is 4. The zero-order valence-electron chi connectivity index (χ0n) is 14.1. The maximum absolute atomic E-state index is 12.8. The van der Waals surface area contributed by atoms with E-state index < -0.39 is 24.7 Å². The zero-order valence-corrected chi connectivity index (χ0v) is 14.1. The number of furan rings is 1. The van der Waals surface area contributed by atoms with Crippen molar-refractivity contribution >= 4 is 5.91 Å². The molecule has 1 aromatic heterocycles. The average Bonchev–Trinajstić information content (AvgIpc) is 3.00. The Labute approximate surface area is 148 Å². The molecule has 5 nitrogen and oxygen atoms in total. The Morgan fingerprint density at radius 3 is 2.73 bits per heavy atom. The van der Waals surface area contributed by atoms with Crippen molar-refractivity contribution in [1.82, 2.24) is 4.90 Å². The summed E-state index contributed by atoms with van der Waals surface area (Å²) >= 11 is 0. The number of ether oxygens (including phenoxy) is 2. The number of para-hydroxylation sites is 1. The molecule has 0 bridgehead atoms. The third-order valence-electron chi connectivity index (χ3n) is 4.01. The van der Waals surface area contributed by atoms with Crippen molar-refractivity contribution in [2.24, 2.45) is 0 Å². The zero-order chi connectivity index (χ0) is 18.7. The largest absolute Gasteiger partial charge is 0.486 e. The minimum absolute atomic E-state index is 0.0273. The smallest absolute Gasteiger partial charge is 0.416 e. The van der Waals surface area contributed by atoms with Gasteiger partial charge in [0.25, 0.3) is 5.91 Å². The molecule has 0 saturated carbocycles. The number of alkyl halides is 3. The number of hydrogen-bond acceptors (Lipinski definition) is 4. The highest BCUT2D eigenvalue weighted by atomic mass is 19.4. The highest BCUT2D eigenvalue weighted by Gasteiger charge is 2.44. The summed E-state index contributed by atoms with van der Waals surface area (Å²) in [5.41, 5.74) is 0.553. The maximum atomic E-state index is 12.8. The molecule has 0 spiro atoms. The molecule has 0 radical (unpaired) electrons. The van der Waals surface area contributed by atoms with Gasteiger partial charge in [-0.15, -0.1) is 0 Å². The molecular formula is C18H18F3NO4. The van der Waals surface area contributed by atoms with Crippen LogP contribution in [0.3, 0.4) is 0 Å². The number of amides is 1. The number of hydrogen-bond donors (Lipinski definition) is 0. The molecule has 1 aliphatic rings. The molecule has 1 fully saturated rings. The highest BCUT2D eigenvalue weighted by Crippen LogP contribution is 2.27. The first kappa shape index (κ1) is 18.3. The fraction of sp³-hybridized carbons (Fsp3) is 0.389. The summed E-state index contributed by atoms with van der Waals surface area (Å²) in [6, 6.07) is 10.7. The van der Waals surface area contributed by atoms with Gasteiger partial charge in [-0.1, -0.05) is 18.2 Å². The van der Waals surface area contributed by atoms with E-state index in [4.69, 9.17) is 13.9 Å². The lowest BCUT2D eigenvalue weighted by molar-refractivity contribution is -0.233. The molecule has 8 heteroatoms. The van der Waals surface area contributed by atoms with Crippen molar-refractivity contribution in [3.05, 3.63) is 53.5 Å². The molecule has 140 valence electrons. The number of carbonyl (C=O) groups is 1. The van der Waals surface area contributed by atoms with Gasteiger partial charge in [0, 0.05) is 12.1 Å². The summed E-state index contributed by atoms with van der Waals surface area (Å²) in [5, 5.41) is 0. The molecule has 0 unspecified atom stereocenters. The summed E-state index contributed by atoms with van der Waals surface area (Å²) in [6.45, 7) is 1.16. The van der Waals surface area contributed by atoms with Crippen molar-refractivity contribution in [1.29, 1.82) is 0 Å². The van der Waals surface area contributed by atoms with E-state index >= 15 is 0 Å². The topological polar surface area (TPSA) is 51.9 Å². The maximum Gasteiger partial charge on any atom is 0.416 e. The van der Waals surface area contributed by atoms with Crippen LogP contribution in [0.4, 0.5) is 13.2 Å². The molecule has 1 aliphatic heterocycles. The standard InChI is InChI=1S/C18H18F3NO4/c1-12-9-14(11-25-13-5-3-2-4-6-13)26-16(12)17(23)22-7-8-24-15(10-22)18(19,20)21/h2-6,9,15H,7-8,10-11H2,1H3/t15-/m1/s1. The lowest BCUT2D eigenvalue weighted by Crippen LogP contribution is -2.51. The predicted octanol–water partition coefficient (Wildman–Crippen LogP) is 3.57. The van der Waals surface area contributed by atoms with Crippen LogP contribution >= 0.6 is 0 Å². The molecule has 26 heavy (non-hydrogen) atoms. The second kappa shape index (κ2) is 7.41. The number of halogens is 3. The first-order valence-electron chi connectivity index (χ1n) is 8.09. The number of aryl methyl sites for hydroxylation is 1. The number of carbonyl (C=O) groups excluding carboxylic acids is 1. The van der Waals surface area contributed by atoms with E-state index in [2.05, 4.69) is 0 Å². The van der Waals surface area contributed by atoms with Gasteiger partial charge in [0.2, 0.25) is 0 Å². The van der Waals surface area contributed by atoms with Gasteiger partial charge in [-0.25, -0.2) is 0 Å². The quantitative estimate of drug-likeness (QED) is 0.827. The minimum Gasteiger partial charge on any atom is -0.486 e. The Bertz CT molecular complexity index is 758. The van der Waals surface area contributed by atoms with Gasteiger partial charge < -0.3 is 18.8 Å². The van der Waals surface area contributed by atoms with E-state index in [1.165, 1.54) is 0 Å². The molecular weight excluding hydrogens is 351 g/mol. The van der Waals surface area contributed by atoms with Crippen LogP contribution in [0.5, 0.6) is 5.75 Å². The summed E-state index contributed by atoms with van der Waals surface area (Å²) in [4.78, 5) is 13.7. The lowest BCUT2D eigenvalue weighted by Gasteiger charge is -2.33. The Balaban J connectivity index is 1.67. The van der Waals surface area contributed by atoms with Gasteiger partial charge >= 0.3 is 6.18 Å². The Morgan fingerprint density at radius 1 is 1.31 bits per heavy atom. The third kappa shape index (κ3) is 4.19. The van der Waals surface area contributed by atoms with E-state index in [1.807, 2.05) is 18.2 Å². The Morgan fingerprint density at radius 2 is 2.04 bits per heavy atom. The van der Waals surface area contributed by atoms with Crippen molar-refractivity contribution in [2.45, 2.75) is 25.8 Å². The molecule has 0 N–H and O–H groups in total. The highest BCUT2D eigenvalue weighted by molar-refractivity contribution is 5.93. The summed E-state index contributed by atoms with van der Waals surface area (Å²) in [6.07, 6.45) is -6.48. The Hall–Kier alpha value is -2.48. The summed E-state index contributed by atoms with van der Waals surface area (Å²) in [5.74, 6) is 0.524. The second-order valence-electron chi connectivity index (χ2n) is 5.98. The third-order valence-corrected chi connectivity index (χ3v) is 4.01. The summed E-state index contributed by atoms with van der Waals surface area (Å²) < 4.78 is 54.3. The van der Waals surface area contributed by atoms with Gasteiger partial charge in [0.15, 0.2) is 11.9 Å². The van der Waals surface area contributed by atoms with E-state index in [0.29, 0.717) is 17.1 Å². The SMILES string of the molecule is Cc1cc(COc2ccccc2)oc1C(=O)N1CCO[C@@H](C(F)(F)F)C1. The normalized spacial score (nSPS) is 18.0.